The van der Waals surface area contributed by atoms with Crippen LogP contribution in [0.2, 0.25) is 5.02 Å². The molecule has 2 aromatic carbocycles. The zero-order valence-corrected chi connectivity index (χ0v) is 11.6. The highest BCUT2D eigenvalue weighted by Crippen LogP contribution is 2.24. The summed E-state index contributed by atoms with van der Waals surface area (Å²) in [6.45, 7) is 0. The van der Waals surface area contributed by atoms with Crippen LogP contribution in [0.4, 0.5) is 10.1 Å². The fraction of sp³-hybridized carbons (Fsp3) is 0.0667. The van der Waals surface area contributed by atoms with Gasteiger partial charge in [-0.2, -0.15) is 4.98 Å². The highest BCUT2D eigenvalue weighted by Gasteiger charge is 2.14. The lowest BCUT2D eigenvalue weighted by Gasteiger charge is -1.99. The monoisotopic (exact) mass is 303 g/mol. The maximum absolute atomic E-state index is 13.8. The Morgan fingerprint density at radius 3 is 2.76 bits per heavy atom. The number of nitrogens with zero attached hydrogens (tertiary/aromatic N) is 2. The summed E-state index contributed by atoms with van der Waals surface area (Å²) < 4.78 is 18.9. The van der Waals surface area contributed by atoms with Gasteiger partial charge < -0.3 is 10.3 Å². The van der Waals surface area contributed by atoms with Crippen LogP contribution < -0.4 is 5.73 Å². The topological polar surface area (TPSA) is 64.9 Å². The molecule has 0 bridgehead atoms. The zero-order chi connectivity index (χ0) is 14.8. The van der Waals surface area contributed by atoms with E-state index < -0.39 is 5.82 Å². The van der Waals surface area contributed by atoms with Crippen LogP contribution in [0.15, 0.2) is 47.0 Å². The van der Waals surface area contributed by atoms with Crippen molar-refractivity contribution in [2.45, 2.75) is 6.42 Å². The molecule has 6 heteroatoms. The summed E-state index contributed by atoms with van der Waals surface area (Å²) in [4.78, 5) is 4.19. The Morgan fingerprint density at radius 2 is 2.00 bits per heavy atom. The van der Waals surface area contributed by atoms with Crippen LogP contribution in [0, 0.1) is 5.82 Å². The number of hydrogen-bond acceptors (Lipinski definition) is 4. The molecule has 1 heterocycles. The number of benzene rings is 2. The Balaban J connectivity index is 1.88. The number of nitrogen functional groups attached to an aromatic ring is 1. The van der Waals surface area contributed by atoms with Gasteiger partial charge in [0, 0.05) is 17.1 Å². The first-order valence-corrected chi connectivity index (χ1v) is 6.62. The van der Waals surface area contributed by atoms with Gasteiger partial charge in [0.05, 0.1) is 5.56 Å². The van der Waals surface area contributed by atoms with Crippen molar-refractivity contribution in [3.8, 4) is 11.5 Å². The number of nitrogens with two attached hydrogens (primary N) is 1. The summed E-state index contributed by atoms with van der Waals surface area (Å²) in [6, 6.07) is 11.7. The van der Waals surface area contributed by atoms with Gasteiger partial charge in [-0.05, 0) is 29.8 Å². The molecule has 0 aliphatic heterocycles. The van der Waals surface area contributed by atoms with Crippen molar-refractivity contribution in [3.05, 3.63) is 64.7 Å². The maximum Gasteiger partial charge on any atom is 0.260 e. The summed E-state index contributed by atoms with van der Waals surface area (Å²) in [5.74, 6) is 0.0619. The second-order valence-corrected chi connectivity index (χ2v) is 4.93. The molecule has 0 aliphatic carbocycles. The lowest BCUT2D eigenvalue weighted by Crippen LogP contribution is -1.92. The number of hydrogen-bond donors (Lipinski definition) is 1. The molecule has 21 heavy (non-hydrogen) atoms. The van der Waals surface area contributed by atoms with Crippen molar-refractivity contribution in [2.75, 3.05) is 5.73 Å². The summed E-state index contributed by atoms with van der Waals surface area (Å²) in [7, 11) is 0. The molecule has 3 rings (SSSR count). The highest BCUT2D eigenvalue weighted by atomic mass is 35.5. The largest absolute Gasteiger partial charge is 0.399 e. The average molecular weight is 304 g/mol. The lowest BCUT2D eigenvalue weighted by molar-refractivity contribution is 0.421. The first-order valence-electron chi connectivity index (χ1n) is 6.25. The van der Waals surface area contributed by atoms with Crippen LogP contribution in [0.5, 0.6) is 0 Å². The van der Waals surface area contributed by atoms with E-state index in [0.29, 0.717) is 23.0 Å². The molecule has 0 amide bonds. The van der Waals surface area contributed by atoms with Gasteiger partial charge in [-0.15, -0.1) is 0 Å². The molecule has 4 nitrogen and oxygen atoms in total. The van der Waals surface area contributed by atoms with Crippen molar-refractivity contribution in [1.82, 2.24) is 10.1 Å². The summed E-state index contributed by atoms with van der Waals surface area (Å²) in [5, 5.41) is 4.48. The molecule has 0 atom stereocenters. The standard InChI is InChI=1S/C15H11ClFN3O/c16-12-4-2-1-3-9(12)7-14-19-15(21-20-14)11-6-5-10(18)8-13(11)17/h1-6,8H,7,18H2. The molecule has 0 saturated heterocycles. The van der Waals surface area contributed by atoms with Crippen LogP contribution in [0.25, 0.3) is 11.5 Å². The molecule has 106 valence electrons. The Labute approximate surface area is 125 Å². The summed E-state index contributed by atoms with van der Waals surface area (Å²) >= 11 is 6.08. The molecule has 0 fully saturated rings. The van der Waals surface area contributed by atoms with Crippen molar-refractivity contribution in [1.29, 1.82) is 0 Å². The van der Waals surface area contributed by atoms with E-state index in [9.17, 15) is 4.39 Å². The van der Waals surface area contributed by atoms with E-state index in [4.69, 9.17) is 21.9 Å². The predicted molar refractivity (Wildman–Crippen MR) is 78.4 cm³/mol. The molecule has 1 aromatic heterocycles. The third-order valence-corrected chi connectivity index (χ3v) is 3.37. The summed E-state index contributed by atoms with van der Waals surface area (Å²) in [6.07, 6.45) is 0.416. The molecular weight excluding hydrogens is 293 g/mol. The van der Waals surface area contributed by atoms with Gasteiger partial charge in [0.15, 0.2) is 5.82 Å². The van der Waals surface area contributed by atoms with Crippen molar-refractivity contribution in [2.24, 2.45) is 0 Å². The lowest BCUT2D eigenvalue weighted by atomic mass is 10.1. The Morgan fingerprint density at radius 1 is 1.19 bits per heavy atom. The van der Waals surface area contributed by atoms with Gasteiger partial charge in [0.2, 0.25) is 0 Å². The minimum absolute atomic E-state index is 0.120. The fourth-order valence-electron chi connectivity index (χ4n) is 1.95. The molecule has 0 spiro atoms. The van der Waals surface area contributed by atoms with Crippen LogP contribution >= 0.6 is 11.6 Å². The SMILES string of the molecule is Nc1ccc(-c2nc(Cc3ccccc3Cl)no2)c(F)c1. The minimum Gasteiger partial charge on any atom is -0.399 e. The van der Waals surface area contributed by atoms with Gasteiger partial charge >= 0.3 is 0 Å². The number of aromatic nitrogens is 2. The summed E-state index contributed by atoms with van der Waals surface area (Å²) in [5.41, 5.74) is 6.95. The van der Waals surface area contributed by atoms with E-state index in [-0.39, 0.29) is 11.5 Å². The Hall–Kier alpha value is -2.40. The zero-order valence-electron chi connectivity index (χ0n) is 10.9. The molecule has 3 aromatic rings. The van der Waals surface area contributed by atoms with E-state index in [1.807, 2.05) is 18.2 Å². The van der Waals surface area contributed by atoms with Crippen molar-refractivity contribution >= 4 is 17.3 Å². The van der Waals surface area contributed by atoms with Gasteiger partial charge in [-0.25, -0.2) is 4.39 Å². The average Bonchev–Trinajstić information content (AvgIpc) is 2.90. The minimum atomic E-state index is -0.497. The normalized spacial score (nSPS) is 10.8. The second-order valence-electron chi connectivity index (χ2n) is 4.52. The van der Waals surface area contributed by atoms with E-state index >= 15 is 0 Å². The predicted octanol–water partition coefficient (Wildman–Crippen LogP) is 3.70. The fourth-order valence-corrected chi connectivity index (χ4v) is 2.15. The maximum atomic E-state index is 13.8. The van der Waals surface area contributed by atoms with E-state index in [1.54, 1.807) is 12.1 Å². The Bertz CT molecular complexity index is 788. The van der Waals surface area contributed by atoms with Gasteiger partial charge in [-0.1, -0.05) is 35.0 Å². The Kier molecular flexibility index (Phi) is 3.58. The van der Waals surface area contributed by atoms with Crippen LogP contribution in [-0.4, -0.2) is 10.1 Å². The van der Waals surface area contributed by atoms with Crippen LogP contribution in [-0.2, 0) is 6.42 Å². The van der Waals surface area contributed by atoms with E-state index in [1.165, 1.54) is 12.1 Å². The highest BCUT2D eigenvalue weighted by molar-refractivity contribution is 6.31. The molecule has 0 aliphatic rings. The van der Waals surface area contributed by atoms with E-state index in [0.717, 1.165) is 5.56 Å². The molecule has 0 unspecified atom stereocenters. The van der Waals surface area contributed by atoms with Crippen LogP contribution in [0.1, 0.15) is 11.4 Å². The quantitative estimate of drug-likeness (QED) is 0.749. The first-order chi connectivity index (χ1) is 10.1. The van der Waals surface area contributed by atoms with Gasteiger partial charge in [0.25, 0.3) is 5.89 Å². The molecule has 0 saturated carbocycles. The molecule has 0 radical (unpaired) electrons. The van der Waals surface area contributed by atoms with Crippen molar-refractivity contribution < 1.29 is 8.91 Å². The van der Waals surface area contributed by atoms with Crippen LogP contribution in [0.3, 0.4) is 0 Å². The molecule has 2 N–H and O–H groups in total. The first kappa shape index (κ1) is 13.6. The third-order valence-electron chi connectivity index (χ3n) is 3.00. The smallest absolute Gasteiger partial charge is 0.260 e. The van der Waals surface area contributed by atoms with Crippen molar-refractivity contribution in [3.63, 3.8) is 0 Å². The second kappa shape index (κ2) is 5.54. The van der Waals surface area contributed by atoms with Gasteiger partial charge in [0.1, 0.15) is 5.82 Å². The third kappa shape index (κ3) is 2.87. The number of anilines is 1. The van der Waals surface area contributed by atoms with Gasteiger partial charge in [-0.3, -0.25) is 0 Å². The number of rotatable bonds is 3. The number of halogens is 2. The van der Waals surface area contributed by atoms with E-state index in [2.05, 4.69) is 10.1 Å². The molecular formula is C15H11ClFN3O.